The van der Waals surface area contributed by atoms with Crippen LogP contribution >= 0.6 is 0 Å². The Hall–Kier alpha value is -3.86. The molecule has 1 aliphatic carbocycles. The van der Waals surface area contributed by atoms with E-state index in [0.29, 0.717) is 18.7 Å². The summed E-state index contributed by atoms with van der Waals surface area (Å²) < 4.78 is 2.12. The Morgan fingerprint density at radius 1 is 0.875 bits per heavy atom. The Balaban J connectivity index is 1.31. The molecule has 5 rings (SSSR count). The van der Waals surface area contributed by atoms with Crippen LogP contribution in [-0.4, -0.2) is 16.4 Å². The van der Waals surface area contributed by atoms with Gasteiger partial charge in [0, 0.05) is 41.8 Å². The van der Waals surface area contributed by atoms with Crippen LogP contribution in [0.5, 0.6) is 0 Å². The van der Waals surface area contributed by atoms with E-state index in [1.54, 1.807) is 0 Å². The molecule has 4 aromatic rings. The van der Waals surface area contributed by atoms with Crippen LogP contribution in [0.25, 0.3) is 10.9 Å². The zero-order valence-electron chi connectivity index (χ0n) is 17.8. The third-order valence-electron chi connectivity index (χ3n) is 5.82. The van der Waals surface area contributed by atoms with Crippen LogP contribution in [0.2, 0.25) is 0 Å². The van der Waals surface area contributed by atoms with Crippen molar-refractivity contribution in [1.29, 1.82) is 0 Å². The highest BCUT2D eigenvalue weighted by Gasteiger charge is 2.29. The second kappa shape index (κ2) is 8.71. The summed E-state index contributed by atoms with van der Waals surface area (Å²) in [5.41, 5.74) is 4.60. The van der Waals surface area contributed by atoms with E-state index in [1.807, 2.05) is 72.9 Å². The molecule has 0 radical (unpaired) electrons. The summed E-state index contributed by atoms with van der Waals surface area (Å²) in [5, 5.41) is 6.93. The van der Waals surface area contributed by atoms with Crippen molar-refractivity contribution in [3.05, 3.63) is 102 Å². The van der Waals surface area contributed by atoms with Gasteiger partial charge in [-0.05, 0) is 42.2 Å². The largest absolute Gasteiger partial charge is 0.348 e. The van der Waals surface area contributed by atoms with Crippen molar-refractivity contribution in [2.24, 2.45) is 5.92 Å². The molecule has 3 aromatic carbocycles. The molecule has 0 spiro atoms. The number of nitrogens with one attached hydrogen (secondary N) is 2. The highest BCUT2D eigenvalue weighted by atomic mass is 16.2. The van der Waals surface area contributed by atoms with E-state index >= 15 is 0 Å². The molecule has 5 nitrogen and oxygen atoms in total. The van der Waals surface area contributed by atoms with Crippen LogP contribution in [-0.2, 0) is 17.9 Å². The van der Waals surface area contributed by atoms with E-state index in [4.69, 9.17) is 0 Å². The molecule has 0 saturated heterocycles. The molecule has 2 amide bonds. The fraction of sp³-hybridized carbons (Fsp3) is 0.185. The standard InChI is InChI=1S/C27H25N3O2/c31-26(21-13-14-21)29-22-10-6-9-20(15-22)16-28-27(32)24-18-30(17-19-7-2-1-3-8-19)25-12-5-4-11-23(24)25/h1-12,15,18,21H,13-14,16-17H2,(H,28,32)(H,29,31). The third kappa shape index (κ3) is 4.42. The number of rotatable bonds is 7. The number of amides is 2. The smallest absolute Gasteiger partial charge is 0.253 e. The zero-order valence-corrected chi connectivity index (χ0v) is 17.8. The van der Waals surface area contributed by atoms with Gasteiger partial charge in [0.15, 0.2) is 0 Å². The predicted octanol–water partition coefficient (Wildman–Crippen LogP) is 4.97. The van der Waals surface area contributed by atoms with Crippen molar-refractivity contribution in [3.8, 4) is 0 Å². The molecule has 1 aliphatic rings. The van der Waals surface area contributed by atoms with E-state index < -0.39 is 0 Å². The fourth-order valence-corrected chi connectivity index (χ4v) is 3.97. The van der Waals surface area contributed by atoms with E-state index in [-0.39, 0.29) is 17.7 Å². The summed E-state index contributed by atoms with van der Waals surface area (Å²) in [7, 11) is 0. The van der Waals surface area contributed by atoms with E-state index in [0.717, 1.165) is 35.0 Å². The lowest BCUT2D eigenvalue weighted by Gasteiger charge is -2.08. The monoisotopic (exact) mass is 423 g/mol. The Morgan fingerprint density at radius 3 is 2.44 bits per heavy atom. The quantitative estimate of drug-likeness (QED) is 0.441. The van der Waals surface area contributed by atoms with Gasteiger partial charge >= 0.3 is 0 Å². The molecule has 1 saturated carbocycles. The topological polar surface area (TPSA) is 63.1 Å². The van der Waals surface area contributed by atoms with E-state index in [1.165, 1.54) is 5.56 Å². The van der Waals surface area contributed by atoms with Crippen LogP contribution in [0.3, 0.4) is 0 Å². The molecule has 0 bridgehead atoms. The number of aromatic nitrogens is 1. The average Bonchev–Trinajstić information content (AvgIpc) is 3.62. The number of nitrogens with zero attached hydrogens (tertiary/aromatic N) is 1. The van der Waals surface area contributed by atoms with Crippen LogP contribution in [0, 0.1) is 5.92 Å². The van der Waals surface area contributed by atoms with Crippen molar-refractivity contribution >= 4 is 28.4 Å². The molecular weight excluding hydrogens is 398 g/mol. The maximum absolute atomic E-state index is 13.1. The van der Waals surface area contributed by atoms with Gasteiger partial charge in [0.05, 0.1) is 5.56 Å². The Morgan fingerprint density at radius 2 is 1.62 bits per heavy atom. The summed E-state index contributed by atoms with van der Waals surface area (Å²) >= 11 is 0. The number of hydrogen-bond donors (Lipinski definition) is 2. The number of hydrogen-bond acceptors (Lipinski definition) is 2. The summed E-state index contributed by atoms with van der Waals surface area (Å²) in [6.45, 7) is 1.10. The van der Waals surface area contributed by atoms with Crippen molar-refractivity contribution in [3.63, 3.8) is 0 Å². The predicted molar refractivity (Wildman–Crippen MR) is 126 cm³/mol. The second-order valence-corrected chi connectivity index (χ2v) is 8.32. The van der Waals surface area contributed by atoms with Crippen molar-refractivity contribution < 1.29 is 9.59 Å². The molecule has 2 N–H and O–H groups in total. The Labute approximate surface area is 187 Å². The summed E-state index contributed by atoms with van der Waals surface area (Å²) in [5.74, 6) is 0.129. The van der Waals surface area contributed by atoms with Crippen LogP contribution in [0.4, 0.5) is 5.69 Å². The number of para-hydroxylation sites is 1. The maximum Gasteiger partial charge on any atom is 0.253 e. The lowest BCUT2D eigenvalue weighted by atomic mass is 10.1. The minimum Gasteiger partial charge on any atom is -0.348 e. The highest BCUT2D eigenvalue weighted by Crippen LogP contribution is 2.30. The minimum absolute atomic E-state index is 0.0809. The number of carbonyl (C=O) groups excluding carboxylic acids is 2. The summed E-state index contributed by atoms with van der Waals surface area (Å²) in [4.78, 5) is 25.1. The first-order valence-electron chi connectivity index (χ1n) is 11.0. The summed E-state index contributed by atoms with van der Waals surface area (Å²) in [6.07, 6.45) is 3.87. The third-order valence-corrected chi connectivity index (χ3v) is 5.82. The molecule has 0 atom stereocenters. The summed E-state index contributed by atoms with van der Waals surface area (Å²) in [6, 6.07) is 25.8. The highest BCUT2D eigenvalue weighted by molar-refractivity contribution is 6.07. The Bertz CT molecular complexity index is 1270. The minimum atomic E-state index is -0.111. The van der Waals surface area contributed by atoms with Gasteiger partial charge in [-0.25, -0.2) is 0 Å². The first kappa shape index (κ1) is 20.1. The number of fused-ring (bicyclic) bond motifs is 1. The van der Waals surface area contributed by atoms with Crippen molar-refractivity contribution in [1.82, 2.24) is 9.88 Å². The molecule has 0 unspecified atom stereocenters. The fourth-order valence-electron chi connectivity index (χ4n) is 3.97. The van der Waals surface area contributed by atoms with Gasteiger partial charge in [0.2, 0.25) is 5.91 Å². The molecular formula is C27H25N3O2. The van der Waals surface area contributed by atoms with Gasteiger partial charge in [-0.1, -0.05) is 60.7 Å². The molecule has 160 valence electrons. The molecule has 1 heterocycles. The zero-order chi connectivity index (χ0) is 21.9. The van der Waals surface area contributed by atoms with E-state index in [9.17, 15) is 9.59 Å². The number of carbonyl (C=O) groups is 2. The lowest BCUT2D eigenvalue weighted by molar-refractivity contribution is -0.117. The molecule has 1 aromatic heterocycles. The molecule has 32 heavy (non-hydrogen) atoms. The molecule has 0 aliphatic heterocycles. The number of anilines is 1. The van der Waals surface area contributed by atoms with Gasteiger partial charge < -0.3 is 15.2 Å². The van der Waals surface area contributed by atoms with Crippen molar-refractivity contribution in [2.45, 2.75) is 25.9 Å². The maximum atomic E-state index is 13.1. The van der Waals surface area contributed by atoms with Crippen LogP contribution in [0.15, 0.2) is 85.1 Å². The van der Waals surface area contributed by atoms with Crippen LogP contribution in [0.1, 0.15) is 34.3 Å². The molecule has 5 heteroatoms. The lowest BCUT2D eigenvalue weighted by Crippen LogP contribution is -2.22. The van der Waals surface area contributed by atoms with Gasteiger partial charge in [-0.2, -0.15) is 0 Å². The Kier molecular flexibility index (Phi) is 5.46. The molecule has 1 fully saturated rings. The van der Waals surface area contributed by atoms with Gasteiger partial charge in [-0.3, -0.25) is 9.59 Å². The van der Waals surface area contributed by atoms with Gasteiger partial charge in [0.1, 0.15) is 0 Å². The van der Waals surface area contributed by atoms with Gasteiger partial charge in [0.25, 0.3) is 5.91 Å². The van der Waals surface area contributed by atoms with E-state index in [2.05, 4.69) is 27.3 Å². The number of benzene rings is 3. The van der Waals surface area contributed by atoms with Crippen LogP contribution < -0.4 is 10.6 Å². The first-order chi connectivity index (χ1) is 15.7. The normalized spacial score (nSPS) is 13.1. The van der Waals surface area contributed by atoms with Gasteiger partial charge in [-0.15, -0.1) is 0 Å². The average molecular weight is 424 g/mol. The van der Waals surface area contributed by atoms with Crippen molar-refractivity contribution in [2.75, 3.05) is 5.32 Å². The SMILES string of the molecule is O=C(NCc1cccc(NC(=O)C2CC2)c1)c1cn(Cc2ccccc2)c2ccccc12. The second-order valence-electron chi connectivity index (χ2n) is 8.32. The first-order valence-corrected chi connectivity index (χ1v) is 11.0.